The highest BCUT2D eigenvalue weighted by atomic mass is 16.3. The zero-order chi connectivity index (χ0) is 6.41. The second-order valence-electron chi connectivity index (χ2n) is 1.33. The smallest absolute Gasteiger partial charge is 0.0848 e. The molecule has 0 rings (SSSR count). The van der Waals surface area contributed by atoms with Crippen molar-refractivity contribution < 1.29 is 5.11 Å². The molecule has 46 valence electrons. The lowest BCUT2D eigenvalue weighted by atomic mass is 10.4. The Morgan fingerprint density at radius 1 is 1.88 bits per heavy atom. The predicted molar refractivity (Wildman–Crippen MR) is 35.3 cm³/mol. The van der Waals surface area contributed by atoms with E-state index >= 15 is 0 Å². The molecule has 0 aliphatic rings. The van der Waals surface area contributed by atoms with Gasteiger partial charge in [0, 0.05) is 6.54 Å². The summed E-state index contributed by atoms with van der Waals surface area (Å²) in [6.45, 7) is 6.08. The second kappa shape index (κ2) is 4.53. The van der Waals surface area contributed by atoms with Crippen LogP contribution in [0.1, 0.15) is 6.92 Å². The maximum Gasteiger partial charge on any atom is 0.0848 e. The zero-order valence-corrected chi connectivity index (χ0v) is 5.09. The maximum atomic E-state index is 8.46. The van der Waals surface area contributed by atoms with E-state index in [1.54, 1.807) is 6.08 Å². The molecule has 0 saturated carbocycles. The van der Waals surface area contributed by atoms with Crippen molar-refractivity contribution in [3.05, 3.63) is 12.7 Å². The van der Waals surface area contributed by atoms with E-state index in [1.165, 1.54) is 0 Å². The van der Waals surface area contributed by atoms with Crippen molar-refractivity contribution in [3.63, 3.8) is 0 Å². The average molecular weight is 113 g/mol. The monoisotopic (exact) mass is 113 g/mol. The lowest BCUT2D eigenvalue weighted by molar-refractivity contribution is 0.358. The first kappa shape index (κ1) is 7.37. The highest BCUT2D eigenvalue weighted by molar-refractivity contribution is 5.95. The minimum Gasteiger partial charge on any atom is -0.390 e. The van der Waals surface area contributed by atoms with Gasteiger partial charge in [0.1, 0.15) is 0 Å². The molecule has 0 saturated heterocycles. The molecular formula is C6H11NO. The molecule has 0 amide bonds. The number of nitrogens with zero attached hydrogens (tertiary/aromatic N) is 1. The summed E-state index contributed by atoms with van der Waals surface area (Å²) in [6, 6.07) is 0. The van der Waals surface area contributed by atoms with E-state index in [9.17, 15) is 0 Å². The third-order valence-corrected chi connectivity index (χ3v) is 0.759. The molecular weight excluding hydrogens is 102 g/mol. The standard InChI is InChI=1S/C6H11NO/c1-3-6(5-8)7-4-2/h3,8H,1,4-5H2,2H3. The number of hydrogen-bond acceptors (Lipinski definition) is 2. The van der Waals surface area contributed by atoms with Crippen molar-refractivity contribution >= 4 is 5.71 Å². The van der Waals surface area contributed by atoms with Gasteiger partial charge in [-0.2, -0.15) is 0 Å². The largest absolute Gasteiger partial charge is 0.390 e. The number of rotatable bonds is 3. The van der Waals surface area contributed by atoms with Crippen LogP contribution in [0.3, 0.4) is 0 Å². The molecule has 0 heterocycles. The van der Waals surface area contributed by atoms with E-state index in [0.717, 1.165) is 0 Å². The molecule has 0 aliphatic carbocycles. The van der Waals surface area contributed by atoms with Crippen molar-refractivity contribution in [1.29, 1.82) is 0 Å². The minimum absolute atomic E-state index is 0.00264. The van der Waals surface area contributed by atoms with Gasteiger partial charge in [-0.05, 0) is 13.0 Å². The van der Waals surface area contributed by atoms with Crippen LogP contribution in [0.4, 0.5) is 0 Å². The molecule has 0 aliphatic heterocycles. The molecule has 0 atom stereocenters. The Morgan fingerprint density at radius 3 is 2.62 bits per heavy atom. The number of aliphatic imine (C=N–C) groups is 1. The van der Waals surface area contributed by atoms with E-state index < -0.39 is 0 Å². The van der Waals surface area contributed by atoms with Crippen LogP contribution in [-0.4, -0.2) is 24.0 Å². The van der Waals surface area contributed by atoms with Gasteiger partial charge in [0.05, 0.1) is 12.3 Å². The van der Waals surface area contributed by atoms with E-state index in [-0.39, 0.29) is 6.61 Å². The normalized spacial score (nSPS) is 11.5. The molecule has 0 fully saturated rings. The van der Waals surface area contributed by atoms with Gasteiger partial charge in [-0.15, -0.1) is 0 Å². The molecule has 8 heavy (non-hydrogen) atoms. The first-order valence-corrected chi connectivity index (χ1v) is 2.61. The number of aliphatic hydroxyl groups is 1. The van der Waals surface area contributed by atoms with Crippen LogP contribution >= 0.6 is 0 Å². The van der Waals surface area contributed by atoms with Crippen LogP contribution in [0.15, 0.2) is 17.6 Å². The van der Waals surface area contributed by atoms with Gasteiger partial charge in [-0.25, -0.2) is 0 Å². The van der Waals surface area contributed by atoms with Crippen molar-refractivity contribution in [2.45, 2.75) is 6.92 Å². The summed E-state index contributed by atoms with van der Waals surface area (Å²) in [7, 11) is 0. The van der Waals surface area contributed by atoms with Crippen molar-refractivity contribution in [3.8, 4) is 0 Å². The molecule has 0 aromatic heterocycles. The third-order valence-electron chi connectivity index (χ3n) is 0.759. The summed E-state index contributed by atoms with van der Waals surface area (Å²) in [4.78, 5) is 3.91. The summed E-state index contributed by atoms with van der Waals surface area (Å²) >= 11 is 0. The summed E-state index contributed by atoms with van der Waals surface area (Å²) < 4.78 is 0. The zero-order valence-electron chi connectivity index (χ0n) is 5.09. The van der Waals surface area contributed by atoms with Crippen LogP contribution in [-0.2, 0) is 0 Å². The van der Waals surface area contributed by atoms with Crippen molar-refractivity contribution in [2.24, 2.45) is 4.99 Å². The Hall–Kier alpha value is -0.630. The van der Waals surface area contributed by atoms with E-state index in [4.69, 9.17) is 5.11 Å². The third kappa shape index (κ3) is 2.53. The predicted octanol–water partition coefficient (Wildman–Crippen LogP) is 0.626. The molecule has 0 aromatic carbocycles. The molecule has 0 radical (unpaired) electrons. The summed E-state index contributed by atoms with van der Waals surface area (Å²) in [5.41, 5.74) is 0.660. The molecule has 2 heteroatoms. The lowest BCUT2D eigenvalue weighted by Gasteiger charge is -1.90. The maximum absolute atomic E-state index is 8.46. The molecule has 0 spiro atoms. The quantitative estimate of drug-likeness (QED) is 0.535. The Kier molecular flexibility index (Phi) is 4.17. The number of aliphatic hydroxyl groups excluding tert-OH is 1. The molecule has 0 aromatic rings. The van der Waals surface area contributed by atoms with Gasteiger partial charge in [-0.1, -0.05) is 6.58 Å². The summed E-state index contributed by atoms with van der Waals surface area (Å²) in [5, 5.41) is 8.46. The molecule has 0 unspecified atom stereocenters. The summed E-state index contributed by atoms with van der Waals surface area (Å²) in [5.74, 6) is 0. The average Bonchev–Trinajstić information content (AvgIpc) is 1.83. The Morgan fingerprint density at radius 2 is 2.50 bits per heavy atom. The van der Waals surface area contributed by atoms with Crippen molar-refractivity contribution in [1.82, 2.24) is 0 Å². The van der Waals surface area contributed by atoms with Crippen LogP contribution in [0.2, 0.25) is 0 Å². The van der Waals surface area contributed by atoms with E-state index in [1.807, 2.05) is 6.92 Å². The van der Waals surface area contributed by atoms with Crippen LogP contribution < -0.4 is 0 Å². The van der Waals surface area contributed by atoms with Crippen LogP contribution in [0.5, 0.6) is 0 Å². The molecule has 2 nitrogen and oxygen atoms in total. The van der Waals surface area contributed by atoms with Crippen molar-refractivity contribution in [2.75, 3.05) is 13.2 Å². The van der Waals surface area contributed by atoms with Crippen LogP contribution in [0.25, 0.3) is 0 Å². The van der Waals surface area contributed by atoms with Gasteiger partial charge in [0.15, 0.2) is 0 Å². The first-order valence-electron chi connectivity index (χ1n) is 2.61. The lowest BCUT2D eigenvalue weighted by Crippen LogP contribution is -1.99. The highest BCUT2D eigenvalue weighted by Crippen LogP contribution is 1.77. The highest BCUT2D eigenvalue weighted by Gasteiger charge is 1.83. The minimum atomic E-state index is -0.00264. The number of hydrogen-bond donors (Lipinski definition) is 1. The van der Waals surface area contributed by atoms with Gasteiger partial charge < -0.3 is 5.11 Å². The Bertz CT molecular complexity index is 96.7. The summed E-state index contributed by atoms with van der Waals surface area (Å²) in [6.07, 6.45) is 1.56. The fourth-order valence-electron chi connectivity index (χ4n) is 0.382. The van der Waals surface area contributed by atoms with Gasteiger partial charge in [-0.3, -0.25) is 4.99 Å². The van der Waals surface area contributed by atoms with Gasteiger partial charge in [0.25, 0.3) is 0 Å². The second-order valence-corrected chi connectivity index (χ2v) is 1.33. The molecule has 1 N–H and O–H groups in total. The van der Waals surface area contributed by atoms with E-state index in [0.29, 0.717) is 12.3 Å². The van der Waals surface area contributed by atoms with Gasteiger partial charge in [0.2, 0.25) is 0 Å². The Labute approximate surface area is 49.6 Å². The van der Waals surface area contributed by atoms with Gasteiger partial charge >= 0.3 is 0 Å². The molecule has 0 bridgehead atoms. The van der Waals surface area contributed by atoms with Crippen LogP contribution in [0, 0.1) is 0 Å². The Balaban J connectivity index is 3.66. The fraction of sp³-hybridized carbons (Fsp3) is 0.500. The van der Waals surface area contributed by atoms with E-state index in [2.05, 4.69) is 11.6 Å². The SMILES string of the molecule is C=CC(CO)=NCC. The fourth-order valence-corrected chi connectivity index (χ4v) is 0.382. The first-order chi connectivity index (χ1) is 3.85. The topological polar surface area (TPSA) is 32.6 Å².